The zero-order valence-electron chi connectivity index (χ0n) is 13.1. The molecule has 0 bridgehead atoms. The molecule has 3 aromatic carbocycles. The van der Waals surface area contributed by atoms with Gasteiger partial charge in [0, 0.05) is 5.56 Å². The molecule has 1 aliphatic rings. The van der Waals surface area contributed by atoms with Gasteiger partial charge in [-0.2, -0.15) is 8.42 Å². The van der Waals surface area contributed by atoms with Gasteiger partial charge in [-0.3, -0.25) is 0 Å². The van der Waals surface area contributed by atoms with Crippen LogP contribution >= 0.6 is 0 Å². The summed E-state index contributed by atoms with van der Waals surface area (Å²) >= 11 is 0. The lowest BCUT2D eigenvalue weighted by Crippen LogP contribution is -2.42. The molecule has 5 nitrogen and oxygen atoms in total. The Hall–Kier alpha value is -2.99. The highest BCUT2D eigenvalue weighted by Gasteiger charge is 2.57. The number of sulfonamides is 1. The van der Waals surface area contributed by atoms with Crippen molar-refractivity contribution in [3.05, 3.63) is 107 Å². The van der Waals surface area contributed by atoms with Crippen LogP contribution in [-0.2, 0) is 15.6 Å². The first kappa shape index (κ1) is 15.5. The fourth-order valence-corrected chi connectivity index (χ4v) is 5.22. The zero-order valence-corrected chi connectivity index (χ0v) is 13.9. The van der Waals surface area contributed by atoms with Crippen molar-refractivity contribution in [3.8, 4) is 0 Å². The fourth-order valence-electron chi connectivity index (χ4n) is 3.53. The van der Waals surface area contributed by atoms with Gasteiger partial charge in [-0.25, -0.2) is 0 Å². The highest BCUT2D eigenvalue weighted by Crippen LogP contribution is 2.52. The van der Waals surface area contributed by atoms with E-state index in [0.29, 0.717) is 21.1 Å². The summed E-state index contributed by atoms with van der Waals surface area (Å²) in [6, 6.07) is 24.8. The second kappa shape index (κ2) is 5.53. The highest BCUT2D eigenvalue weighted by atomic mass is 32.2. The number of rotatable bonds is 3. The summed E-state index contributed by atoms with van der Waals surface area (Å²) < 4.78 is 26.7. The van der Waals surface area contributed by atoms with E-state index in [0.717, 1.165) is 0 Å². The molecule has 0 unspecified atom stereocenters. The third-order valence-corrected chi connectivity index (χ3v) is 6.23. The predicted octanol–water partition coefficient (Wildman–Crippen LogP) is 3.66. The van der Waals surface area contributed by atoms with E-state index < -0.39 is 15.6 Å². The Morgan fingerprint density at radius 2 is 1.20 bits per heavy atom. The lowest BCUT2D eigenvalue weighted by atomic mass is 9.78. The molecule has 25 heavy (non-hydrogen) atoms. The summed E-state index contributed by atoms with van der Waals surface area (Å²) in [6.45, 7) is 0. The van der Waals surface area contributed by atoms with E-state index in [4.69, 9.17) is 0 Å². The van der Waals surface area contributed by atoms with Gasteiger partial charge in [-0.05, 0) is 17.2 Å². The van der Waals surface area contributed by atoms with E-state index in [2.05, 4.69) is 5.29 Å². The lowest BCUT2D eigenvalue weighted by Gasteiger charge is -2.34. The number of fused-ring (bicyclic) bond motifs is 1. The van der Waals surface area contributed by atoms with Crippen molar-refractivity contribution in [1.29, 1.82) is 0 Å². The molecule has 4 rings (SSSR count). The Bertz CT molecular complexity index is 995. The zero-order chi connectivity index (χ0) is 17.5. The molecule has 0 spiro atoms. The Labute approximate surface area is 145 Å². The normalized spacial score (nSPS) is 17.0. The molecule has 0 atom stereocenters. The molecule has 6 heteroatoms. The summed E-state index contributed by atoms with van der Waals surface area (Å²) in [5, 5.41) is 2.96. The Morgan fingerprint density at radius 1 is 0.720 bits per heavy atom. The summed E-state index contributed by atoms with van der Waals surface area (Å²) in [4.78, 5) is 11.8. The quantitative estimate of drug-likeness (QED) is 0.534. The molecule has 0 saturated carbocycles. The minimum Gasteiger partial charge on any atom is -0.199 e. The van der Waals surface area contributed by atoms with Crippen LogP contribution in [0.2, 0.25) is 0 Å². The van der Waals surface area contributed by atoms with Crippen LogP contribution in [0.3, 0.4) is 0 Å². The number of nitrogens with zero attached hydrogens (tertiary/aromatic N) is 2. The number of hydrogen-bond acceptors (Lipinski definition) is 4. The maximum Gasteiger partial charge on any atom is 0.283 e. The number of nitroso groups, excluding NO2 is 1. The largest absolute Gasteiger partial charge is 0.283 e. The minimum absolute atomic E-state index is 0.0994. The van der Waals surface area contributed by atoms with Crippen LogP contribution in [0.25, 0.3) is 0 Å². The smallest absolute Gasteiger partial charge is 0.199 e. The Morgan fingerprint density at radius 3 is 1.72 bits per heavy atom. The molecule has 0 aromatic heterocycles. The number of hydrogen-bond donors (Lipinski definition) is 0. The summed E-state index contributed by atoms with van der Waals surface area (Å²) in [5.74, 6) is 0. The molecule has 0 fully saturated rings. The van der Waals surface area contributed by atoms with E-state index in [9.17, 15) is 13.3 Å². The van der Waals surface area contributed by atoms with E-state index in [1.807, 2.05) is 60.7 Å². The fraction of sp³-hybridized carbons (Fsp3) is 0.0526. The second-order valence-corrected chi connectivity index (χ2v) is 7.50. The molecular weight excluding hydrogens is 337 g/mol. The van der Waals surface area contributed by atoms with Gasteiger partial charge in [0.1, 0.15) is 0 Å². The van der Waals surface area contributed by atoms with E-state index >= 15 is 0 Å². The van der Waals surface area contributed by atoms with Crippen molar-refractivity contribution >= 4 is 10.0 Å². The summed E-state index contributed by atoms with van der Waals surface area (Å²) in [7, 11) is -4.05. The third kappa shape index (κ3) is 1.97. The maximum absolute atomic E-state index is 13.0. The molecular formula is C19H14N2O3S. The Kier molecular flexibility index (Phi) is 3.43. The second-order valence-electron chi connectivity index (χ2n) is 5.77. The van der Waals surface area contributed by atoms with Crippen molar-refractivity contribution < 1.29 is 8.42 Å². The average Bonchev–Trinajstić information content (AvgIpc) is 2.88. The average molecular weight is 351 g/mol. The molecule has 3 aromatic rings. The standard InChI is InChI=1S/C19H14N2O3S/c22-20-21-19(15-9-3-1-4-10-15,16-11-5-2-6-12-16)17-13-7-8-14-18(17)25(21,23)24/h1-14H/i20+1. The van der Waals surface area contributed by atoms with E-state index in [1.165, 1.54) is 6.07 Å². The van der Waals surface area contributed by atoms with Crippen LogP contribution in [0.4, 0.5) is 0 Å². The monoisotopic (exact) mass is 351 g/mol. The summed E-state index contributed by atoms with van der Waals surface area (Å²) in [5.41, 5.74) is 0.523. The molecule has 0 saturated heterocycles. The Balaban J connectivity index is 2.20. The first-order valence-corrected chi connectivity index (χ1v) is 9.16. The molecule has 0 N–H and O–H groups in total. The van der Waals surface area contributed by atoms with Gasteiger partial charge in [0.25, 0.3) is 10.0 Å². The topological polar surface area (TPSA) is 66.8 Å². The lowest BCUT2D eigenvalue weighted by molar-refractivity contribution is 0.301. The van der Waals surface area contributed by atoms with Crippen molar-refractivity contribution in [2.45, 2.75) is 10.4 Å². The first-order valence-electron chi connectivity index (χ1n) is 7.72. The molecule has 1 aliphatic heterocycles. The van der Waals surface area contributed by atoms with Crippen LogP contribution in [0.5, 0.6) is 0 Å². The predicted molar refractivity (Wildman–Crippen MR) is 94.0 cm³/mol. The van der Waals surface area contributed by atoms with Crippen LogP contribution in [0.15, 0.2) is 95.1 Å². The van der Waals surface area contributed by atoms with Gasteiger partial charge in [0.05, 0.1) is 10.2 Å². The molecule has 0 radical (unpaired) electrons. The van der Waals surface area contributed by atoms with Gasteiger partial charge in [0.2, 0.25) is 0 Å². The molecule has 0 aliphatic carbocycles. The first-order chi connectivity index (χ1) is 12.1. The summed E-state index contributed by atoms with van der Waals surface area (Å²) in [6.07, 6.45) is 0. The van der Waals surface area contributed by atoms with Gasteiger partial charge in [-0.1, -0.05) is 78.9 Å². The van der Waals surface area contributed by atoms with Crippen LogP contribution in [0.1, 0.15) is 16.7 Å². The van der Waals surface area contributed by atoms with Crippen molar-refractivity contribution in [1.82, 2.24) is 4.41 Å². The van der Waals surface area contributed by atoms with Gasteiger partial charge in [0.15, 0.2) is 5.54 Å². The highest BCUT2D eigenvalue weighted by molar-refractivity contribution is 7.89. The van der Waals surface area contributed by atoms with Crippen LogP contribution < -0.4 is 0 Å². The van der Waals surface area contributed by atoms with E-state index in [-0.39, 0.29) is 4.90 Å². The van der Waals surface area contributed by atoms with E-state index in [1.54, 1.807) is 18.2 Å². The van der Waals surface area contributed by atoms with Crippen LogP contribution in [0, 0.1) is 4.91 Å². The van der Waals surface area contributed by atoms with Crippen molar-refractivity contribution in [3.63, 3.8) is 0 Å². The van der Waals surface area contributed by atoms with Gasteiger partial charge >= 0.3 is 0 Å². The molecule has 124 valence electrons. The van der Waals surface area contributed by atoms with Crippen molar-refractivity contribution in [2.24, 2.45) is 5.29 Å². The van der Waals surface area contributed by atoms with Crippen molar-refractivity contribution in [2.75, 3.05) is 0 Å². The van der Waals surface area contributed by atoms with Gasteiger partial charge in [-0.15, -0.1) is 9.32 Å². The molecule has 1 heterocycles. The maximum atomic E-state index is 13.0. The number of benzene rings is 3. The minimum atomic E-state index is -4.05. The van der Waals surface area contributed by atoms with Gasteiger partial charge < -0.3 is 0 Å². The van der Waals surface area contributed by atoms with Crippen LogP contribution in [-0.4, -0.2) is 12.8 Å². The third-order valence-electron chi connectivity index (χ3n) is 4.53. The molecule has 0 amide bonds. The SMILES string of the molecule is O=[15N]N1C(c2ccccc2)(c2ccccc2)c2ccccc2S1(=O)=O.